The van der Waals surface area contributed by atoms with Gasteiger partial charge in [-0.3, -0.25) is 9.69 Å². The molecule has 0 unspecified atom stereocenters. The van der Waals surface area contributed by atoms with Crippen LogP contribution >= 0.6 is 0 Å². The number of aromatic nitrogens is 3. The number of nitrogens with one attached hydrogen (secondary N) is 1. The SMILES string of the molecule is Cc1noc(C)c1COc1ccc(CC(=O)NCCCN2CCN(c3ncccn3)CC2)cc1. The number of carbonyl (C=O) groups excluding carboxylic acids is 1. The summed E-state index contributed by atoms with van der Waals surface area (Å²) in [6, 6.07) is 9.47. The van der Waals surface area contributed by atoms with E-state index in [1.54, 1.807) is 12.4 Å². The second kappa shape index (κ2) is 11.6. The van der Waals surface area contributed by atoms with Crippen LogP contribution < -0.4 is 15.0 Å². The molecular formula is C25H32N6O3. The smallest absolute Gasteiger partial charge is 0.225 e. The van der Waals surface area contributed by atoms with Gasteiger partial charge in [0.2, 0.25) is 11.9 Å². The summed E-state index contributed by atoms with van der Waals surface area (Å²) in [6.07, 6.45) is 4.85. The number of ether oxygens (including phenoxy) is 1. The number of anilines is 1. The van der Waals surface area contributed by atoms with Crippen LogP contribution in [0.3, 0.4) is 0 Å². The Morgan fingerprint density at radius 1 is 1.09 bits per heavy atom. The summed E-state index contributed by atoms with van der Waals surface area (Å²) >= 11 is 0. The summed E-state index contributed by atoms with van der Waals surface area (Å²) in [5, 5.41) is 6.97. The number of benzene rings is 1. The average molecular weight is 465 g/mol. The van der Waals surface area contributed by atoms with E-state index in [0.29, 0.717) is 19.6 Å². The topological polar surface area (TPSA) is 96.6 Å². The van der Waals surface area contributed by atoms with Gasteiger partial charge in [-0.15, -0.1) is 0 Å². The summed E-state index contributed by atoms with van der Waals surface area (Å²) in [7, 11) is 0. The van der Waals surface area contributed by atoms with Gasteiger partial charge in [-0.05, 0) is 50.6 Å². The predicted molar refractivity (Wildman–Crippen MR) is 129 cm³/mol. The zero-order valence-electron chi connectivity index (χ0n) is 19.9. The maximum Gasteiger partial charge on any atom is 0.225 e. The lowest BCUT2D eigenvalue weighted by Crippen LogP contribution is -2.47. The maximum absolute atomic E-state index is 12.3. The summed E-state index contributed by atoms with van der Waals surface area (Å²) < 4.78 is 11.0. The molecule has 1 N–H and O–H groups in total. The molecule has 1 aromatic carbocycles. The fraction of sp³-hybridized carbons (Fsp3) is 0.440. The minimum atomic E-state index is 0.0374. The number of nitrogens with zero attached hydrogens (tertiary/aromatic N) is 5. The molecule has 0 bridgehead atoms. The van der Waals surface area contributed by atoms with E-state index in [9.17, 15) is 4.79 Å². The molecule has 34 heavy (non-hydrogen) atoms. The quantitative estimate of drug-likeness (QED) is 0.457. The Labute approximate surface area is 200 Å². The second-order valence-corrected chi connectivity index (χ2v) is 8.49. The first-order valence-electron chi connectivity index (χ1n) is 11.7. The van der Waals surface area contributed by atoms with E-state index in [1.807, 2.05) is 44.2 Å². The largest absolute Gasteiger partial charge is 0.489 e. The van der Waals surface area contributed by atoms with Gasteiger partial charge >= 0.3 is 0 Å². The minimum Gasteiger partial charge on any atom is -0.489 e. The molecule has 0 atom stereocenters. The van der Waals surface area contributed by atoms with E-state index in [2.05, 4.69) is 30.2 Å². The van der Waals surface area contributed by atoms with Gasteiger partial charge in [-0.25, -0.2) is 9.97 Å². The molecule has 0 spiro atoms. The molecule has 0 aliphatic carbocycles. The Balaban J connectivity index is 1.10. The standard InChI is InChI=1S/C25H32N6O3/c1-19-23(20(2)34-29-19)18-33-22-7-5-21(6-8-22)17-24(32)26-11-4-12-30-13-15-31(16-14-30)25-27-9-3-10-28-25/h3,5-10H,4,11-18H2,1-2H3,(H,26,32). The number of hydrogen-bond donors (Lipinski definition) is 1. The highest BCUT2D eigenvalue weighted by molar-refractivity contribution is 5.78. The predicted octanol–water partition coefficient (Wildman–Crippen LogP) is 2.53. The van der Waals surface area contributed by atoms with Gasteiger partial charge in [-0.2, -0.15) is 0 Å². The molecule has 1 amide bonds. The highest BCUT2D eigenvalue weighted by Crippen LogP contribution is 2.18. The van der Waals surface area contributed by atoms with Crippen LogP contribution in [-0.2, 0) is 17.8 Å². The first-order valence-corrected chi connectivity index (χ1v) is 11.7. The Morgan fingerprint density at radius 2 is 1.82 bits per heavy atom. The van der Waals surface area contributed by atoms with Crippen molar-refractivity contribution < 1.29 is 14.1 Å². The van der Waals surface area contributed by atoms with Crippen molar-refractivity contribution in [2.45, 2.75) is 33.3 Å². The third-order valence-corrected chi connectivity index (χ3v) is 6.03. The lowest BCUT2D eigenvalue weighted by atomic mass is 10.1. The number of carbonyl (C=O) groups is 1. The van der Waals surface area contributed by atoms with E-state index in [1.165, 1.54) is 0 Å². The molecule has 0 radical (unpaired) electrons. The normalized spacial score (nSPS) is 14.2. The van der Waals surface area contributed by atoms with Crippen LogP contribution in [0.4, 0.5) is 5.95 Å². The van der Waals surface area contributed by atoms with Crippen LogP contribution in [0.15, 0.2) is 47.2 Å². The third kappa shape index (κ3) is 6.54. The molecule has 3 aromatic rings. The van der Waals surface area contributed by atoms with Crippen molar-refractivity contribution in [3.63, 3.8) is 0 Å². The van der Waals surface area contributed by atoms with E-state index in [0.717, 1.165) is 73.4 Å². The van der Waals surface area contributed by atoms with Crippen LogP contribution in [-0.4, -0.2) is 65.2 Å². The van der Waals surface area contributed by atoms with Gasteiger partial charge in [-0.1, -0.05) is 17.3 Å². The minimum absolute atomic E-state index is 0.0374. The van der Waals surface area contributed by atoms with Crippen LogP contribution in [0, 0.1) is 13.8 Å². The second-order valence-electron chi connectivity index (χ2n) is 8.49. The highest BCUT2D eigenvalue weighted by Gasteiger charge is 2.18. The summed E-state index contributed by atoms with van der Waals surface area (Å²) in [4.78, 5) is 25.6. The van der Waals surface area contributed by atoms with Crippen molar-refractivity contribution in [1.82, 2.24) is 25.3 Å². The summed E-state index contributed by atoms with van der Waals surface area (Å²) in [6.45, 7) is 9.66. The van der Waals surface area contributed by atoms with Crippen molar-refractivity contribution in [1.29, 1.82) is 0 Å². The number of piperazine rings is 1. The molecule has 1 aliphatic heterocycles. The van der Waals surface area contributed by atoms with Crippen molar-refractivity contribution in [3.05, 3.63) is 65.3 Å². The molecule has 2 aromatic heterocycles. The van der Waals surface area contributed by atoms with E-state index < -0.39 is 0 Å². The molecule has 0 saturated carbocycles. The zero-order valence-corrected chi connectivity index (χ0v) is 19.9. The Kier molecular flexibility index (Phi) is 8.08. The molecule has 1 fully saturated rings. The first-order chi connectivity index (χ1) is 16.6. The lowest BCUT2D eigenvalue weighted by molar-refractivity contribution is -0.120. The van der Waals surface area contributed by atoms with Gasteiger partial charge in [0.15, 0.2) is 0 Å². The van der Waals surface area contributed by atoms with Crippen molar-refractivity contribution >= 4 is 11.9 Å². The van der Waals surface area contributed by atoms with E-state index >= 15 is 0 Å². The van der Waals surface area contributed by atoms with Gasteiger partial charge in [0, 0.05) is 45.1 Å². The summed E-state index contributed by atoms with van der Waals surface area (Å²) in [5.74, 6) is 2.36. The van der Waals surface area contributed by atoms with Gasteiger partial charge in [0.1, 0.15) is 18.1 Å². The number of aryl methyl sites for hydroxylation is 2. The van der Waals surface area contributed by atoms with Crippen molar-refractivity contribution in [2.75, 3.05) is 44.2 Å². The number of amides is 1. The van der Waals surface area contributed by atoms with Crippen molar-refractivity contribution in [2.24, 2.45) is 0 Å². The van der Waals surface area contributed by atoms with Crippen LogP contribution in [0.2, 0.25) is 0 Å². The Morgan fingerprint density at radius 3 is 2.50 bits per heavy atom. The Bertz CT molecular complexity index is 1030. The van der Waals surface area contributed by atoms with Crippen LogP contribution in [0.1, 0.15) is 29.0 Å². The highest BCUT2D eigenvalue weighted by atomic mass is 16.5. The van der Waals surface area contributed by atoms with Crippen molar-refractivity contribution in [3.8, 4) is 5.75 Å². The molecule has 1 aliphatic rings. The molecule has 4 rings (SSSR count). The molecule has 9 heteroatoms. The molecule has 9 nitrogen and oxygen atoms in total. The van der Waals surface area contributed by atoms with E-state index in [4.69, 9.17) is 9.26 Å². The fourth-order valence-electron chi connectivity index (χ4n) is 3.97. The number of rotatable bonds is 10. The van der Waals surface area contributed by atoms with E-state index in [-0.39, 0.29) is 5.91 Å². The zero-order chi connectivity index (χ0) is 23.8. The number of hydrogen-bond acceptors (Lipinski definition) is 8. The van der Waals surface area contributed by atoms with Gasteiger partial charge < -0.3 is 19.5 Å². The average Bonchev–Trinajstić information content (AvgIpc) is 3.19. The molecule has 1 saturated heterocycles. The molecule has 3 heterocycles. The summed E-state index contributed by atoms with van der Waals surface area (Å²) in [5.41, 5.74) is 2.77. The van der Waals surface area contributed by atoms with Gasteiger partial charge in [0.05, 0.1) is 17.7 Å². The first kappa shape index (κ1) is 23.7. The lowest BCUT2D eigenvalue weighted by Gasteiger charge is -2.34. The van der Waals surface area contributed by atoms with Gasteiger partial charge in [0.25, 0.3) is 0 Å². The Hall–Kier alpha value is -3.46. The monoisotopic (exact) mass is 464 g/mol. The molecular weight excluding hydrogens is 432 g/mol. The molecule has 180 valence electrons. The van der Waals surface area contributed by atoms with Crippen LogP contribution in [0.25, 0.3) is 0 Å². The van der Waals surface area contributed by atoms with Crippen LogP contribution in [0.5, 0.6) is 5.75 Å². The fourth-order valence-corrected chi connectivity index (χ4v) is 3.97. The maximum atomic E-state index is 12.3. The third-order valence-electron chi connectivity index (χ3n) is 6.03.